The lowest BCUT2D eigenvalue weighted by Crippen LogP contribution is -2.16. The summed E-state index contributed by atoms with van der Waals surface area (Å²) in [6, 6.07) is 8.26. The lowest BCUT2D eigenvalue weighted by molar-refractivity contribution is 0.414. The van der Waals surface area contributed by atoms with E-state index in [2.05, 4.69) is 19.1 Å². The maximum absolute atomic E-state index is 5.74. The van der Waals surface area contributed by atoms with Gasteiger partial charge in [-0.25, -0.2) is 0 Å². The number of benzene rings is 1. The van der Waals surface area contributed by atoms with E-state index in [0.717, 1.165) is 18.7 Å². The molecule has 1 unspecified atom stereocenters. The first-order valence-electron chi connectivity index (χ1n) is 5.63. The molecular weight excluding hydrogens is 186 g/mol. The number of methoxy groups -OCH3 is 1. The molecule has 0 radical (unpaired) electrons. The zero-order chi connectivity index (χ0) is 11.1. The molecule has 1 atom stereocenters. The predicted molar refractivity (Wildman–Crippen MR) is 64.2 cm³/mol. The molecule has 84 valence electrons. The molecule has 2 heteroatoms. The molecule has 1 rings (SSSR count). The van der Waals surface area contributed by atoms with E-state index in [1.807, 2.05) is 12.1 Å². The smallest absolute Gasteiger partial charge is 0.118 e. The number of hydrogen-bond acceptors (Lipinski definition) is 2. The highest BCUT2D eigenvalue weighted by Crippen LogP contribution is 2.16. The minimum absolute atomic E-state index is 0.614. The molecule has 2 N–H and O–H groups in total. The van der Waals surface area contributed by atoms with Crippen molar-refractivity contribution in [2.45, 2.75) is 26.2 Å². The molecule has 0 aliphatic heterocycles. The van der Waals surface area contributed by atoms with Crippen LogP contribution in [0.1, 0.15) is 25.3 Å². The molecule has 2 nitrogen and oxygen atoms in total. The van der Waals surface area contributed by atoms with Crippen molar-refractivity contribution >= 4 is 0 Å². The maximum Gasteiger partial charge on any atom is 0.118 e. The lowest BCUT2D eigenvalue weighted by Gasteiger charge is -2.13. The Morgan fingerprint density at radius 3 is 2.40 bits per heavy atom. The fourth-order valence-corrected chi connectivity index (χ4v) is 1.81. The summed E-state index contributed by atoms with van der Waals surface area (Å²) in [4.78, 5) is 0. The Morgan fingerprint density at radius 2 is 1.93 bits per heavy atom. The van der Waals surface area contributed by atoms with Crippen LogP contribution in [0.4, 0.5) is 0 Å². The quantitative estimate of drug-likeness (QED) is 0.778. The van der Waals surface area contributed by atoms with Crippen LogP contribution in [0.3, 0.4) is 0 Å². The molecule has 1 aromatic rings. The van der Waals surface area contributed by atoms with Crippen molar-refractivity contribution in [3.05, 3.63) is 29.8 Å². The molecule has 1 aromatic carbocycles. The van der Waals surface area contributed by atoms with Gasteiger partial charge in [0, 0.05) is 0 Å². The van der Waals surface area contributed by atoms with Crippen LogP contribution in [-0.4, -0.2) is 13.7 Å². The van der Waals surface area contributed by atoms with E-state index >= 15 is 0 Å². The van der Waals surface area contributed by atoms with Gasteiger partial charge >= 0.3 is 0 Å². The molecule has 0 saturated carbocycles. The van der Waals surface area contributed by atoms with Gasteiger partial charge < -0.3 is 10.5 Å². The minimum Gasteiger partial charge on any atom is -0.497 e. The average Bonchev–Trinajstić information content (AvgIpc) is 2.29. The largest absolute Gasteiger partial charge is 0.497 e. The normalized spacial score (nSPS) is 12.5. The third-order valence-electron chi connectivity index (χ3n) is 2.71. The summed E-state index contributed by atoms with van der Waals surface area (Å²) in [6.45, 7) is 2.98. The Hall–Kier alpha value is -1.02. The summed E-state index contributed by atoms with van der Waals surface area (Å²) < 4.78 is 5.12. The monoisotopic (exact) mass is 207 g/mol. The van der Waals surface area contributed by atoms with E-state index in [1.165, 1.54) is 18.4 Å². The minimum atomic E-state index is 0.614. The fourth-order valence-electron chi connectivity index (χ4n) is 1.81. The Kier molecular flexibility index (Phi) is 5.19. The van der Waals surface area contributed by atoms with Gasteiger partial charge in [0.2, 0.25) is 0 Å². The fraction of sp³-hybridized carbons (Fsp3) is 0.538. The highest BCUT2D eigenvalue weighted by molar-refractivity contribution is 5.27. The molecule has 0 amide bonds. The summed E-state index contributed by atoms with van der Waals surface area (Å²) >= 11 is 0. The van der Waals surface area contributed by atoms with Crippen LogP contribution in [0.15, 0.2) is 24.3 Å². The molecule has 0 fully saturated rings. The Labute approximate surface area is 92.4 Å². The van der Waals surface area contributed by atoms with Gasteiger partial charge in [-0.3, -0.25) is 0 Å². The summed E-state index contributed by atoms with van der Waals surface area (Å²) in [5.74, 6) is 1.53. The molecular formula is C13H21NO. The van der Waals surface area contributed by atoms with Gasteiger partial charge in [0.05, 0.1) is 7.11 Å². The first kappa shape index (κ1) is 12.1. The molecule has 0 aliphatic carbocycles. The SMILES string of the molecule is CCCC(CN)Cc1ccc(OC)cc1. The molecule has 0 bridgehead atoms. The summed E-state index contributed by atoms with van der Waals surface area (Å²) in [5.41, 5.74) is 7.09. The number of ether oxygens (including phenoxy) is 1. The van der Waals surface area contributed by atoms with E-state index < -0.39 is 0 Å². The number of nitrogens with two attached hydrogens (primary N) is 1. The third kappa shape index (κ3) is 3.92. The molecule has 0 heterocycles. The highest BCUT2D eigenvalue weighted by atomic mass is 16.5. The zero-order valence-electron chi connectivity index (χ0n) is 9.70. The van der Waals surface area contributed by atoms with E-state index in [4.69, 9.17) is 10.5 Å². The van der Waals surface area contributed by atoms with Crippen LogP contribution in [0.25, 0.3) is 0 Å². The van der Waals surface area contributed by atoms with Gasteiger partial charge in [-0.1, -0.05) is 25.5 Å². The Balaban J connectivity index is 2.55. The van der Waals surface area contributed by atoms with Crippen LogP contribution < -0.4 is 10.5 Å². The van der Waals surface area contributed by atoms with Gasteiger partial charge in [-0.05, 0) is 43.0 Å². The van der Waals surface area contributed by atoms with Gasteiger partial charge in [0.25, 0.3) is 0 Å². The second kappa shape index (κ2) is 6.46. The van der Waals surface area contributed by atoms with Crippen molar-refractivity contribution in [2.24, 2.45) is 11.7 Å². The molecule has 0 aromatic heterocycles. The first-order valence-corrected chi connectivity index (χ1v) is 5.63. The maximum atomic E-state index is 5.74. The topological polar surface area (TPSA) is 35.2 Å². The van der Waals surface area contributed by atoms with E-state index in [0.29, 0.717) is 5.92 Å². The first-order chi connectivity index (χ1) is 7.30. The van der Waals surface area contributed by atoms with Crippen LogP contribution >= 0.6 is 0 Å². The molecule has 0 saturated heterocycles. The number of rotatable bonds is 6. The Bertz CT molecular complexity index is 268. The van der Waals surface area contributed by atoms with Crippen LogP contribution in [0.5, 0.6) is 5.75 Å². The van der Waals surface area contributed by atoms with Crippen molar-refractivity contribution in [1.82, 2.24) is 0 Å². The van der Waals surface area contributed by atoms with Crippen molar-refractivity contribution in [1.29, 1.82) is 0 Å². The van der Waals surface area contributed by atoms with Crippen molar-refractivity contribution < 1.29 is 4.74 Å². The van der Waals surface area contributed by atoms with Gasteiger partial charge in [0.15, 0.2) is 0 Å². The third-order valence-corrected chi connectivity index (χ3v) is 2.71. The second-order valence-electron chi connectivity index (χ2n) is 3.94. The van der Waals surface area contributed by atoms with Crippen LogP contribution in [-0.2, 0) is 6.42 Å². The van der Waals surface area contributed by atoms with Crippen LogP contribution in [0, 0.1) is 5.92 Å². The second-order valence-corrected chi connectivity index (χ2v) is 3.94. The van der Waals surface area contributed by atoms with Crippen molar-refractivity contribution in [3.8, 4) is 5.75 Å². The highest BCUT2D eigenvalue weighted by Gasteiger charge is 2.06. The van der Waals surface area contributed by atoms with E-state index in [9.17, 15) is 0 Å². The van der Waals surface area contributed by atoms with Gasteiger partial charge in [-0.15, -0.1) is 0 Å². The zero-order valence-corrected chi connectivity index (χ0v) is 9.70. The standard InChI is InChI=1S/C13H21NO/c1-3-4-12(10-14)9-11-5-7-13(15-2)8-6-11/h5-8,12H,3-4,9-10,14H2,1-2H3. The van der Waals surface area contributed by atoms with Gasteiger partial charge in [-0.2, -0.15) is 0 Å². The number of hydrogen-bond donors (Lipinski definition) is 1. The van der Waals surface area contributed by atoms with Crippen molar-refractivity contribution in [3.63, 3.8) is 0 Å². The summed E-state index contributed by atoms with van der Waals surface area (Å²) in [7, 11) is 1.69. The predicted octanol–water partition coefficient (Wildman–Crippen LogP) is 2.61. The van der Waals surface area contributed by atoms with Crippen molar-refractivity contribution in [2.75, 3.05) is 13.7 Å². The molecule has 0 aliphatic rings. The van der Waals surface area contributed by atoms with E-state index in [-0.39, 0.29) is 0 Å². The Morgan fingerprint density at radius 1 is 1.27 bits per heavy atom. The van der Waals surface area contributed by atoms with Crippen LogP contribution in [0.2, 0.25) is 0 Å². The lowest BCUT2D eigenvalue weighted by atomic mass is 9.95. The average molecular weight is 207 g/mol. The molecule has 0 spiro atoms. The van der Waals surface area contributed by atoms with E-state index in [1.54, 1.807) is 7.11 Å². The summed E-state index contributed by atoms with van der Waals surface area (Å²) in [5, 5.41) is 0. The summed E-state index contributed by atoms with van der Waals surface area (Å²) in [6.07, 6.45) is 3.49. The molecule has 15 heavy (non-hydrogen) atoms. The van der Waals surface area contributed by atoms with Gasteiger partial charge in [0.1, 0.15) is 5.75 Å².